The second kappa shape index (κ2) is 10.1. The van der Waals surface area contributed by atoms with E-state index in [9.17, 15) is 8.42 Å². The summed E-state index contributed by atoms with van der Waals surface area (Å²) in [5.74, 6) is 0.733. The molecule has 0 radical (unpaired) electrons. The Kier molecular flexibility index (Phi) is 8.18. The first-order valence-electron chi connectivity index (χ1n) is 9.38. The highest BCUT2D eigenvalue weighted by Gasteiger charge is 2.12. The van der Waals surface area contributed by atoms with Gasteiger partial charge in [-0.1, -0.05) is 64.1 Å². The fourth-order valence-corrected chi connectivity index (χ4v) is 3.80. The highest BCUT2D eigenvalue weighted by Crippen LogP contribution is 2.18. The van der Waals surface area contributed by atoms with Gasteiger partial charge in [0.05, 0.1) is 15.9 Å². The van der Waals surface area contributed by atoms with Gasteiger partial charge in [0.25, 0.3) is 10.1 Å². The minimum atomic E-state index is -4.21. The molecule has 26 heavy (non-hydrogen) atoms. The number of hydrogen-bond donors (Lipinski definition) is 2. The number of aromatic amines is 1. The molecule has 0 fully saturated rings. The Morgan fingerprint density at radius 3 is 2.42 bits per heavy atom. The molecular formula is C19H28N2O3S2. The summed E-state index contributed by atoms with van der Waals surface area (Å²) in [6, 6.07) is 4.32. The van der Waals surface area contributed by atoms with Crippen molar-refractivity contribution in [2.75, 3.05) is 0 Å². The Hall–Kier alpha value is -1.31. The molecule has 144 valence electrons. The number of aromatic nitrogens is 2. The molecule has 0 saturated carbocycles. The van der Waals surface area contributed by atoms with E-state index in [2.05, 4.69) is 16.9 Å². The molecule has 0 aliphatic rings. The van der Waals surface area contributed by atoms with Gasteiger partial charge in [-0.25, -0.2) is 4.98 Å². The van der Waals surface area contributed by atoms with Crippen LogP contribution in [0.25, 0.3) is 11.0 Å². The van der Waals surface area contributed by atoms with Crippen molar-refractivity contribution in [1.29, 1.82) is 0 Å². The number of thiocarbonyl (C=S) groups is 1. The fraction of sp³-hybridized carbons (Fsp3) is 0.579. The third-order valence-corrected chi connectivity index (χ3v) is 5.67. The molecule has 0 bridgehead atoms. The monoisotopic (exact) mass is 396 g/mol. The van der Waals surface area contributed by atoms with Crippen LogP contribution in [0.2, 0.25) is 0 Å². The van der Waals surface area contributed by atoms with E-state index in [1.165, 1.54) is 57.1 Å². The summed E-state index contributed by atoms with van der Waals surface area (Å²) in [7, 11) is -4.21. The van der Waals surface area contributed by atoms with Gasteiger partial charge in [-0.05, 0) is 31.0 Å². The van der Waals surface area contributed by atoms with Crippen LogP contribution in [-0.4, -0.2) is 27.8 Å². The number of benzene rings is 1. The summed E-state index contributed by atoms with van der Waals surface area (Å²) in [5.41, 5.74) is 1.26. The van der Waals surface area contributed by atoms with Crippen LogP contribution in [0.4, 0.5) is 0 Å². The fourth-order valence-electron chi connectivity index (χ4n) is 3.02. The van der Waals surface area contributed by atoms with E-state index in [1.54, 1.807) is 6.07 Å². The Balaban J connectivity index is 1.77. The number of unbranched alkanes of at least 4 members (excludes halogenated alkanes) is 7. The molecule has 7 heteroatoms. The van der Waals surface area contributed by atoms with Gasteiger partial charge in [0.1, 0.15) is 5.82 Å². The predicted molar refractivity (Wildman–Crippen MR) is 109 cm³/mol. The summed E-state index contributed by atoms with van der Waals surface area (Å²) in [6.45, 7) is 2.23. The van der Waals surface area contributed by atoms with Crippen molar-refractivity contribution in [2.45, 2.75) is 76.0 Å². The largest absolute Gasteiger partial charge is 0.342 e. The molecule has 0 aliphatic heterocycles. The van der Waals surface area contributed by atoms with Crippen LogP contribution < -0.4 is 0 Å². The average molecular weight is 397 g/mol. The van der Waals surface area contributed by atoms with Crippen LogP contribution in [0.1, 0.15) is 70.5 Å². The second-order valence-electron chi connectivity index (χ2n) is 6.78. The molecule has 5 nitrogen and oxygen atoms in total. The normalized spacial score (nSPS) is 11.9. The topological polar surface area (TPSA) is 83.1 Å². The van der Waals surface area contributed by atoms with Crippen molar-refractivity contribution in [3.05, 3.63) is 24.0 Å². The number of H-pyrrole nitrogens is 1. The number of hydrogen-bond acceptors (Lipinski definition) is 4. The number of rotatable bonds is 12. The minimum absolute atomic E-state index is 0.137. The highest BCUT2D eigenvalue weighted by molar-refractivity contribution is 7.85. The van der Waals surface area contributed by atoms with E-state index in [-0.39, 0.29) is 4.90 Å². The van der Waals surface area contributed by atoms with Crippen LogP contribution in [-0.2, 0) is 16.5 Å². The Labute approximate surface area is 161 Å². The molecule has 0 saturated heterocycles. The van der Waals surface area contributed by atoms with Gasteiger partial charge in [-0.15, -0.1) is 0 Å². The molecule has 2 N–H and O–H groups in total. The van der Waals surface area contributed by atoms with Crippen molar-refractivity contribution in [3.8, 4) is 0 Å². The van der Waals surface area contributed by atoms with Gasteiger partial charge < -0.3 is 4.98 Å². The van der Waals surface area contributed by atoms with E-state index in [4.69, 9.17) is 16.8 Å². The summed E-state index contributed by atoms with van der Waals surface area (Å²) < 4.78 is 31.5. The van der Waals surface area contributed by atoms with Gasteiger partial charge in [0, 0.05) is 11.3 Å². The van der Waals surface area contributed by atoms with Gasteiger partial charge in [-0.2, -0.15) is 8.42 Å². The Morgan fingerprint density at radius 2 is 1.77 bits per heavy atom. The lowest BCUT2D eigenvalue weighted by molar-refractivity contribution is 0.483. The molecule has 1 aromatic heterocycles. The first kappa shape index (κ1) is 21.0. The van der Waals surface area contributed by atoms with Crippen molar-refractivity contribution in [1.82, 2.24) is 9.97 Å². The van der Waals surface area contributed by atoms with Gasteiger partial charge >= 0.3 is 0 Å². The van der Waals surface area contributed by atoms with Crippen LogP contribution in [0, 0.1) is 0 Å². The number of imidazole rings is 1. The first-order valence-corrected chi connectivity index (χ1v) is 11.2. The maximum atomic E-state index is 11.2. The summed E-state index contributed by atoms with van der Waals surface area (Å²) in [6.07, 6.45) is 11.7. The van der Waals surface area contributed by atoms with E-state index >= 15 is 0 Å². The Morgan fingerprint density at radius 1 is 1.12 bits per heavy atom. The molecule has 2 aromatic rings. The van der Waals surface area contributed by atoms with E-state index in [0.717, 1.165) is 23.5 Å². The maximum absolute atomic E-state index is 11.2. The highest BCUT2D eigenvalue weighted by atomic mass is 32.2. The molecule has 2 rings (SSSR count). The summed E-state index contributed by atoms with van der Waals surface area (Å²) in [5, 5.41) is 0. The van der Waals surface area contributed by atoms with E-state index in [1.807, 2.05) is 0 Å². The standard InChI is InChI=1S/C19H28N2O3S2/c1-2-3-4-5-6-7-8-9-10-15(25)13-19-20-17-12-11-16(26(22,23)24)14-18(17)21-19/h11-12,14H,2-10,13H2,1H3,(H,20,21)(H,22,23,24). The third kappa shape index (κ3) is 6.78. The zero-order valence-electron chi connectivity index (χ0n) is 15.3. The van der Waals surface area contributed by atoms with Gasteiger partial charge in [0.2, 0.25) is 0 Å². The first-order chi connectivity index (χ1) is 12.4. The average Bonchev–Trinajstić information content (AvgIpc) is 2.97. The van der Waals surface area contributed by atoms with Gasteiger partial charge in [0.15, 0.2) is 0 Å². The molecule has 1 heterocycles. The van der Waals surface area contributed by atoms with Crippen LogP contribution in [0.3, 0.4) is 0 Å². The molecular weight excluding hydrogens is 368 g/mol. The molecule has 0 aliphatic carbocycles. The van der Waals surface area contributed by atoms with Crippen molar-refractivity contribution < 1.29 is 13.0 Å². The zero-order valence-corrected chi connectivity index (χ0v) is 17.0. The lowest BCUT2D eigenvalue weighted by atomic mass is 10.1. The number of fused-ring (bicyclic) bond motifs is 1. The molecule has 0 unspecified atom stereocenters. The quantitative estimate of drug-likeness (QED) is 0.291. The molecule has 1 aromatic carbocycles. The minimum Gasteiger partial charge on any atom is -0.342 e. The van der Waals surface area contributed by atoms with Crippen LogP contribution in [0.5, 0.6) is 0 Å². The maximum Gasteiger partial charge on any atom is 0.294 e. The van der Waals surface area contributed by atoms with Crippen LogP contribution >= 0.6 is 12.2 Å². The number of nitrogens with zero attached hydrogens (tertiary/aromatic N) is 1. The van der Waals surface area contributed by atoms with E-state index < -0.39 is 10.1 Å². The van der Waals surface area contributed by atoms with E-state index in [0.29, 0.717) is 17.5 Å². The van der Waals surface area contributed by atoms with Crippen molar-refractivity contribution in [2.24, 2.45) is 0 Å². The SMILES string of the molecule is CCCCCCCCCCC(=S)Cc1nc2ccc(S(=O)(=O)O)cc2[nH]1. The predicted octanol–water partition coefficient (Wildman–Crippen LogP) is 5.25. The molecule has 0 atom stereocenters. The second-order valence-corrected chi connectivity index (χ2v) is 8.78. The van der Waals surface area contributed by atoms with Crippen LogP contribution in [0.15, 0.2) is 23.1 Å². The third-order valence-electron chi connectivity index (χ3n) is 4.47. The lowest BCUT2D eigenvalue weighted by Crippen LogP contribution is -2.01. The smallest absolute Gasteiger partial charge is 0.294 e. The zero-order chi connectivity index (χ0) is 19.0. The Bertz CT molecular complexity index is 828. The van der Waals surface area contributed by atoms with Crippen molar-refractivity contribution >= 4 is 38.2 Å². The molecule has 0 spiro atoms. The summed E-state index contributed by atoms with van der Waals surface area (Å²) in [4.78, 5) is 8.36. The number of nitrogens with one attached hydrogen (secondary N) is 1. The van der Waals surface area contributed by atoms with Gasteiger partial charge in [-0.3, -0.25) is 4.55 Å². The lowest BCUT2D eigenvalue weighted by Gasteiger charge is -2.03. The molecule has 0 amide bonds. The van der Waals surface area contributed by atoms with Crippen molar-refractivity contribution in [3.63, 3.8) is 0 Å². The summed E-state index contributed by atoms with van der Waals surface area (Å²) >= 11 is 5.47.